The smallest absolute Gasteiger partial charge is 0.495 e. The van der Waals surface area contributed by atoms with Gasteiger partial charge in [-0.25, -0.2) is 18.9 Å². The number of hydrogen-bond donors (Lipinski definition) is 2. The van der Waals surface area contributed by atoms with Gasteiger partial charge in [0, 0.05) is 33.0 Å². The van der Waals surface area contributed by atoms with E-state index in [1.807, 2.05) is 99.0 Å². The quantitative estimate of drug-likeness (QED) is 0.0726. The summed E-state index contributed by atoms with van der Waals surface area (Å²) in [5, 5.41) is 0. The third-order valence-electron chi connectivity index (χ3n) is 11.7. The molecule has 5 heterocycles. The summed E-state index contributed by atoms with van der Waals surface area (Å²) in [5.74, 6) is 1.74. The van der Waals surface area contributed by atoms with Crippen molar-refractivity contribution in [2.45, 2.75) is 43.3 Å². The molecule has 20 heteroatoms. The molecule has 18 nitrogen and oxygen atoms in total. The molecule has 3 aromatic heterocycles. The second kappa shape index (κ2) is 18.6. The highest BCUT2D eigenvalue weighted by atomic mass is 31.2. The summed E-state index contributed by atoms with van der Waals surface area (Å²) in [6, 6.07) is 31.9. The van der Waals surface area contributed by atoms with Crippen LogP contribution in [0, 0.1) is 0 Å². The zero-order valence-electron chi connectivity index (χ0n) is 37.3. The minimum atomic E-state index is -4.37. The number of fused-ring (bicyclic) bond motifs is 2. The maximum absolute atomic E-state index is 13.3. The van der Waals surface area contributed by atoms with Gasteiger partial charge < -0.3 is 42.9 Å². The normalized spacial score (nSPS) is 19.3. The minimum Gasteiger partial charge on any atom is -0.497 e. The molecular formula is C46H50BN8O10P. The maximum atomic E-state index is 13.3. The van der Waals surface area contributed by atoms with Gasteiger partial charge in [-0.1, -0.05) is 72.8 Å². The fourth-order valence-corrected chi connectivity index (χ4v) is 9.39. The van der Waals surface area contributed by atoms with Gasteiger partial charge in [-0.2, -0.15) is 4.98 Å². The second-order valence-corrected chi connectivity index (χ2v) is 18.2. The lowest BCUT2D eigenvalue weighted by Crippen LogP contribution is -2.40. The number of hydrogen-bond acceptors (Lipinski definition) is 14. The third-order valence-corrected chi connectivity index (χ3v) is 13.0. The van der Waals surface area contributed by atoms with E-state index in [2.05, 4.69) is 32.0 Å². The Morgan fingerprint density at radius 3 is 2.17 bits per heavy atom. The number of anilines is 1. The van der Waals surface area contributed by atoms with Crippen molar-refractivity contribution in [2.75, 3.05) is 53.9 Å². The monoisotopic (exact) mass is 916 g/mol. The molecule has 2 aliphatic heterocycles. The van der Waals surface area contributed by atoms with Crippen LogP contribution in [0.1, 0.15) is 34.0 Å². The number of aromatic amines is 1. The van der Waals surface area contributed by atoms with Crippen LogP contribution in [0.3, 0.4) is 0 Å². The number of imidazole rings is 2. The average molecular weight is 917 g/mol. The summed E-state index contributed by atoms with van der Waals surface area (Å²) in [5.41, 5.74) is 4.09. The lowest BCUT2D eigenvalue weighted by atomic mass is 9.75. The molecule has 7 aromatic rings. The number of benzene rings is 4. The Balaban J connectivity index is 1.09. The molecule has 5 atom stereocenters. The molecule has 4 aromatic carbocycles. The largest absolute Gasteiger partial charge is 0.497 e. The van der Waals surface area contributed by atoms with Gasteiger partial charge in [0.15, 0.2) is 17.4 Å². The zero-order valence-corrected chi connectivity index (χ0v) is 38.1. The fourth-order valence-electron chi connectivity index (χ4n) is 8.50. The Morgan fingerprint density at radius 1 is 0.879 bits per heavy atom. The number of methoxy groups -OCH3 is 2. The lowest BCUT2D eigenvalue weighted by molar-refractivity contribution is -0.0545. The molecule has 0 radical (unpaired) electrons. The van der Waals surface area contributed by atoms with Crippen LogP contribution in [0.4, 0.5) is 5.95 Å². The van der Waals surface area contributed by atoms with E-state index in [1.54, 1.807) is 37.8 Å². The maximum Gasteiger partial charge on any atom is 0.495 e. The van der Waals surface area contributed by atoms with Gasteiger partial charge in [-0.05, 0) is 71.6 Å². The Labute approximate surface area is 381 Å². The van der Waals surface area contributed by atoms with Crippen LogP contribution in [0.5, 0.6) is 11.5 Å². The number of aromatic nitrogens is 6. The van der Waals surface area contributed by atoms with E-state index in [4.69, 9.17) is 37.8 Å². The van der Waals surface area contributed by atoms with E-state index in [0.29, 0.717) is 24.0 Å². The molecule has 0 bridgehead atoms. The Bertz CT molecular complexity index is 2830. The van der Waals surface area contributed by atoms with Crippen LogP contribution in [0.2, 0.25) is 0 Å². The van der Waals surface area contributed by atoms with E-state index in [1.165, 1.54) is 25.0 Å². The van der Waals surface area contributed by atoms with Gasteiger partial charge in [-0.15, -0.1) is 0 Å². The number of H-pyrrole nitrogens is 1. The second-order valence-electron chi connectivity index (χ2n) is 16.5. The molecule has 2 saturated heterocycles. The Hall–Kier alpha value is -6.15. The highest BCUT2D eigenvalue weighted by Crippen LogP contribution is 2.47. The standard InChI is InChI=1S/C46H50BN8O10P/c1-52(2)25-31-13-12-30(26-61-46(32-10-8-7-9-11-32,33-14-18-35(59-5)19-15-33)34-16-20-36(60-6)21-17-34)24-37(31)47-64-40-38(27-62-66(57,58)54-23-22-48-28-54)63-44(41(40)65-47)55-29-49-39-42(55)50-45(53(3)4)51-43(39)56/h7-24,28-29,38,40-41,44H,25-27H2,1-6H3,(H,57,58)(H,50,51,56)/t38-,40-,41-,44-/m1/s1. The van der Waals surface area contributed by atoms with Crippen molar-refractivity contribution in [3.05, 3.63) is 160 Å². The number of nitrogens with one attached hydrogen (secondary N) is 1. The topological polar surface area (TPSA) is 190 Å². The number of ether oxygens (including phenoxy) is 4. The molecule has 342 valence electrons. The van der Waals surface area contributed by atoms with E-state index in [-0.39, 0.29) is 24.4 Å². The molecule has 0 saturated carbocycles. The number of rotatable bonds is 17. The fraction of sp³-hybridized carbons (Fsp3) is 0.304. The van der Waals surface area contributed by atoms with Gasteiger partial charge in [-0.3, -0.25) is 18.9 Å². The molecule has 2 N–H and O–H groups in total. The predicted octanol–water partition coefficient (Wildman–Crippen LogP) is 4.71. The van der Waals surface area contributed by atoms with Crippen LogP contribution in [-0.4, -0.2) is 113 Å². The van der Waals surface area contributed by atoms with Gasteiger partial charge in [0.2, 0.25) is 5.95 Å². The van der Waals surface area contributed by atoms with Crippen LogP contribution in [-0.2, 0) is 46.6 Å². The van der Waals surface area contributed by atoms with Crippen molar-refractivity contribution in [3.63, 3.8) is 0 Å². The summed E-state index contributed by atoms with van der Waals surface area (Å²) in [6.45, 7) is 0.372. The van der Waals surface area contributed by atoms with Crippen molar-refractivity contribution in [1.29, 1.82) is 0 Å². The highest BCUT2D eigenvalue weighted by Gasteiger charge is 2.56. The van der Waals surface area contributed by atoms with Crippen molar-refractivity contribution in [3.8, 4) is 11.5 Å². The van der Waals surface area contributed by atoms with Gasteiger partial charge in [0.05, 0.1) is 33.8 Å². The zero-order chi connectivity index (χ0) is 46.2. The van der Waals surface area contributed by atoms with Crippen LogP contribution in [0.15, 0.2) is 127 Å². The summed E-state index contributed by atoms with van der Waals surface area (Å²) >= 11 is 0. The van der Waals surface area contributed by atoms with Crippen LogP contribution < -0.4 is 25.4 Å². The first-order chi connectivity index (χ1) is 31.9. The minimum absolute atomic E-state index is 0.104. The van der Waals surface area contributed by atoms with Crippen molar-refractivity contribution >= 4 is 37.4 Å². The predicted molar refractivity (Wildman–Crippen MR) is 246 cm³/mol. The first kappa shape index (κ1) is 45.0. The first-order valence-corrected chi connectivity index (χ1v) is 22.7. The molecule has 1 unspecified atom stereocenters. The molecule has 2 fully saturated rings. The van der Waals surface area contributed by atoms with Crippen molar-refractivity contribution in [1.82, 2.24) is 33.7 Å². The molecule has 0 aliphatic carbocycles. The first-order valence-electron chi connectivity index (χ1n) is 21.2. The Morgan fingerprint density at radius 2 is 1.55 bits per heavy atom. The molecule has 2 aliphatic rings. The molecule has 66 heavy (non-hydrogen) atoms. The average Bonchev–Trinajstić information content (AvgIpc) is 4.16. The van der Waals surface area contributed by atoms with Gasteiger partial charge >= 0.3 is 14.9 Å². The van der Waals surface area contributed by atoms with E-state index in [0.717, 1.165) is 37.6 Å². The molecular weight excluding hydrogens is 866 g/mol. The van der Waals surface area contributed by atoms with Crippen LogP contribution >= 0.6 is 7.75 Å². The van der Waals surface area contributed by atoms with Gasteiger partial charge in [0.1, 0.15) is 41.7 Å². The van der Waals surface area contributed by atoms with E-state index >= 15 is 0 Å². The summed E-state index contributed by atoms with van der Waals surface area (Å²) in [4.78, 5) is 43.5. The van der Waals surface area contributed by atoms with Crippen molar-refractivity contribution in [2.24, 2.45) is 0 Å². The number of nitrogens with zero attached hydrogens (tertiary/aromatic N) is 7. The third kappa shape index (κ3) is 8.67. The lowest BCUT2D eigenvalue weighted by Gasteiger charge is -2.36. The molecule has 0 spiro atoms. The van der Waals surface area contributed by atoms with Crippen molar-refractivity contribution < 1.29 is 42.2 Å². The highest BCUT2D eigenvalue weighted by molar-refractivity contribution is 7.51. The summed E-state index contributed by atoms with van der Waals surface area (Å²) in [6.07, 6.45) is 1.95. The van der Waals surface area contributed by atoms with Crippen LogP contribution in [0.25, 0.3) is 11.2 Å². The van der Waals surface area contributed by atoms with E-state index in [9.17, 15) is 14.3 Å². The summed E-state index contributed by atoms with van der Waals surface area (Å²) in [7, 11) is 5.47. The SMILES string of the molecule is COc1ccc(C(OCc2ccc(CN(C)C)c(B3O[C@@H]4[C@H](O3)[C@@H](COP(=O)(O)n3ccnc3)O[C@H]4n3cnc4c(=O)[nH]c(N(C)C)nc43)c2)(c2ccccc2)c2ccc(OC)cc2)cc1. The van der Waals surface area contributed by atoms with Gasteiger partial charge in [0.25, 0.3) is 5.56 Å². The van der Waals surface area contributed by atoms with E-state index < -0.39 is 50.6 Å². The Kier molecular flexibility index (Phi) is 12.7. The molecule has 0 amide bonds. The summed E-state index contributed by atoms with van der Waals surface area (Å²) < 4.78 is 60.2. The molecule has 9 rings (SSSR count).